The van der Waals surface area contributed by atoms with Crippen LogP contribution in [-0.4, -0.2) is 25.3 Å². The first kappa shape index (κ1) is 22.6. The lowest BCUT2D eigenvalue weighted by Crippen LogP contribution is -2.23. The lowest BCUT2D eigenvalue weighted by molar-refractivity contribution is -0.0390. The van der Waals surface area contributed by atoms with Crippen LogP contribution in [0.1, 0.15) is 35.1 Å². The van der Waals surface area contributed by atoms with Crippen molar-refractivity contribution in [3.63, 3.8) is 0 Å². The lowest BCUT2D eigenvalue weighted by Gasteiger charge is -2.22. The van der Waals surface area contributed by atoms with Crippen molar-refractivity contribution in [1.29, 1.82) is 0 Å². The summed E-state index contributed by atoms with van der Waals surface area (Å²) in [7, 11) is 0. The quantitative estimate of drug-likeness (QED) is 0.351. The summed E-state index contributed by atoms with van der Waals surface area (Å²) < 4.78 is 11.4. The van der Waals surface area contributed by atoms with Gasteiger partial charge in [-0.1, -0.05) is 30.3 Å². The number of rotatable bonds is 6. The molecular weight excluding hydrogens is 465 g/mol. The minimum Gasteiger partial charge on any atom is -0.381 e. The number of halogens is 1. The van der Waals surface area contributed by atoms with Gasteiger partial charge in [-0.15, -0.1) is 24.0 Å². The molecule has 1 aliphatic heterocycles. The minimum atomic E-state index is 0. The molecule has 0 aliphatic carbocycles. The van der Waals surface area contributed by atoms with Gasteiger partial charge in [0.05, 0.1) is 19.3 Å². The van der Waals surface area contributed by atoms with Crippen molar-refractivity contribution in [1.82, 2.24) is 0 Å². The molecule has 6 heteroatoms. The number of aliphatic imine (C=N–C) groups is 1. The van der Waals surface area contributed by atoms with Crippen LogP contribution in [0.3, 0.4) is 0 Å². The van der Waals surface area contributed by atoms with Gasteiger partial charge in [-0.2, -0.15) is 0 Å². The molecule has 0 amide bonds. The SMILES string of the molecule is Cc1cc(C)cc(NC(N)=NCc2cccc(COC3CCOCC3)c2)c1.I. The first-order valence-corrected chi connectivity index (χ1v) is 9.51. The molecule has 0 atom stereocenters. The molecule has 0 spiro atoms. The zero-order valence-electron chi connectivity index (χ0n) is 16.6. The average Bonchev–Trinajstić information content (AvgIpc) is 2.65. The fourth-order valence-corrected chi connectivity index (χ4v) is 3.29. The summed E-state index contributed by atoms with van der Waals surface area (Å²) in [6, 6.07) is 14.6. The second kappa shape index (κ2) is 11.4. The van der Waals surface area contributed by atoms with Crippen molar-refractivity contribution in [3.05, 3.63) is 64.7 Å². The van der Waals surface area contributed by atoms with Crippen molar-refractivity contribution < 1.29 is 9.47 Å². The first-order valence-electron chi connectivity index (χ1n) is 9.51. The predicted octanol–water partition coefficient (Wildman–Crippen LogP) is 4.54. The van der Waals surface area contributed by atoms with Crippen molar-refractivity contribution >= 4 is 35.6 Å². The Kier molecular flexibility index (Phi) is 9.21. The van der Waals surface area contributed by atoms with Crippen LogP contribution in [-0.2, 0) is 22.6 Å². The third-order valence-corrected chi connectivity index (χ3v) is 4.57. The highest BCUT2D eigenvalue weighted by atomic mass is 127. The van der Waals surface area contributed by atoms with Crippen LogP contribution >= 0.6 is 24.0 Å². The average molecular weight is 495 g/mol. The van der Waals surface area contributed by atoms with Crippen LogP contribution in [0.4, 0.5) is 5.69 Å². The van der Waals surface area contributed by atoms with Crippen molar-refractivity contribution in [2.24, 2.45) is 10.7 Å². The zero-order valence-corrected chi connectivity index (χ0v) is 18.9. The monoisotopic (exact) mass is 495 g/mol. The largest absolute Gasteiger partial charge is 0.381 e. The standard InChI is InChI=1S/C22H29N3O2.HI/c1-16-10-17(2)12-20(11-16)25-22(23)24-14-18-4-3-5-19(13-18)15-27-21-6-8-26-9-7-21;/h3-5,10-13,21H,6-9,14-15H2,1-2H3,(H3,23,24,25);1H. The Morgan fingerprint density at radius 3 is 2.50 bits per heavy atom. The van der Waals surface area contributed by atoms with Gasteiger partial charge in [-0.3, -0.25) is 0 Å². The topological polar surface area (TPSA) is 68.9 Å². The van der Waals surface area contributed by atoms with E-state index in [4.69, 9.17) is 15.2 Å². The van der Waals surface area contributed by atoms with E-state index in [1.54, 1.807) is 0 Å². The molecule has 5 nitrogen and oxygen atoms in total. The maximum Gasteiger partial charge on any atom is 0.193 e. The molecule has 1 saturated heterocycles. The van der Waals surface area contributed by atoms with E-state index in [1.165, 1.54) is 11.1 Å². The molecule has 1 aliphatic rings. The molecule has 0 aromatic heterocycles. The smallest absolute Gasteiger partial charge is 0.193 e. The Balaban J connectivity index is 0.00000280. The number of aryl methyl sites for hydroxylation is 2. The van der Waals surface area contributed by atoms with Crippen LogP contribution in [0.5, 0.6) is 0 Å². The van der Waals surface area contributed by atoms with E-state index in [0.717, 1.165) is 42.9 Å². The third kappa shape index (κ3) is 7.41. The highest BCUT2D eigenvalue weighted by molar-refractivity contribution is 14.0. The van der Waals surface area contributed by atoms with E-state index in [0.29, 0.717) is 25.2 Å². The zero-order chi connectivity index (χ0) is 19.1. The summed E-state index contributed by atoms with van der Waals surface area (Å²) in [5.41, 5.74) is 11.7. The molecule has 2 aromatic rings. The van der Waals surface area contributed by atoms with Crippen LogP contribution in [0, 0.1) is 13.8 Å². The van der Waals surface area contributed by atoms with Crippen molar-refractivity contribution in [2.75, 3.05) is 18.5 Å². The Morgan fingerprint density at radius 2 is 1.79 bits per heavy atom. The van der Waals surface area contributed by atoms with E-state index in [2.05, 4.69) is 60.6 Å². The summed E-state index contributed by atoms with van der Waals surface area (Å²) in [5, 5.41) is 3.17. The van der Waals surface area contributed by atoms with Gasteiger partial charge in [0.15, 0.2) is 5.96 Å². The number of anilines is 1. The maximum atomic E-state index is 6.05. The molecule has 1 fully saturated rings. The number of guanidine groups is 1. The van der Waals surface area contributed by atoms with E-state index in [-0.39, 0.29) is 24.0 Å². The normalized spacial score (nSPS) is 15.1. The molecule has 3 N–H and O–H groups in total. The number of nitrogens with one attached hydrogen (secondary N) is 1. The van der Waals surface area contributed by atoms with Gasteiger partial charge in [-0.25, -0.2) is 4.99 Å². The molecule has 0 saturated carbocycles. The van der Waals surface area contributed by atoms with E-state index < -0.39 is 0 Å². The minimum absolute atomic E-state index is 0. The molecular formula is C22H30IN3O2. The number of ether oxygens (including phenoxy) is 2. The summed E-state index contributed by atoms with van der Waals surface area (Å²) in [6.07, 6.45) is 2.26. The molecule has 0 bridgehead atoms. The number of hydrogen-bond acceptors (Lipinski definition) is 3. The van der Waals surface area contributed by atoms with Gasteiger partial charge in [0, 0.05) is 18.9 Å². The second-order valence-electron chi connectivity index (χ2n) is 7.15. The van der Waals surface area contributed by atoms with E-state index in [1.807, 2.05) is 6.07 Å². The van der Waals surface area contributed by atoms with Crippen molar-refractivity contribution in [2.45, 2.75) is 45.9 Å². The molecule has 0 unspecified atom stereocenters. The number of benzene rings is 2. The van der Waals surface area contributed by atoms with Crippen LogP contribution in [0.15, 0.2) is 47.5 Å². The number of hydrogen-bond donors (Lipinski definition) is 2. The summed E-state index contributed by atoms with van der Waals surface area (Å²) >= 11 is 0. The summed E-state index contributed by atoms with van der Waals surface area (Å²) in [5.74, 6) is 0.420. The molecule has 2 aromatic carbocycles. The van der Waals surface area contributed by atoms with Crippen LogP contribution < -0.4 is 11.1 Å². The van der Waals surface area contributed by atoms with Gasteiger partial charge in [-0.05, 0) is 61.1 Å². The fourth-order valence-electron chi connectivity index (χ4n) is 3.29. The second-order valence-corrected chi connectivity index (χ2v) is 7.15. The summed E-state index contributed by atoms with van der Waals surface area (Å²) in [6.45, 7) is 6.89. The Bertz CT molecular complexity index is 769. The lowest BCUT2D eigenvalue weighted by atomic mass is 10.1. The highest BCUT2D eigenvalue weighted by Crippen LogP contribution is 2.15. The molecule has 0 radical (unpaired) electrons. The third-order valence-electron chi connectivity index (χ3n) is 4.57. The van der Waals surface area contributed by atoms with Gasteiger partial charge < -0.3 is 20.5 Å². The molecule has 1 heterocycles. The number of nitrogens with two attached hydrogens (primary N) is 1. The van der Waals surface area contributed by atoms with Crippen LogP contribution in [0.25, 0.3) is 0 Å². The van der Waals surface area contributed by atoms with Gasteiger partial charge >= 0.3 is 0 Å². The van der Waals surface area contributed by atoms with E-state index >= 15 is 0 Å². The highest BCUT2D eigenvalue weighted by Gasteiger charge is 2.13. The Labute approximate surface area is 184 Å². The van der Waals surface area contributed by atoms with E-state index in [9.17, 15) is 0 Å². The molecule has 28 heavy (non-hydrogen) atoms. The first-order chi connectivity index (χ1) is 13.1. The maximum absolute atomic E-state index is 6.05. The molecule has 152 valence electrons. The Hall–Kier alpha value is -1.64. The fraction of sp³-hybridized carbons (Fsp3) is 0.409. The van der Waals surface area contributed by atoms with Crippen molar-refractivity contribution in [3.8, 4) is 0 Å². The van der Waals surface area contributed by atoms with Gasteiger partial charge in [0.25, 0.3) is 0 Å². The molecule has 3 rings (SSSR count). The number of nitrogens with zero attached hydrogens (tertiary/aromatic N) is 1. The summed E-state index contributed by atoms with van der Waals surface area (Å²) in [4.78, 5) is 4.47. The van der Waals surface area contributed by atoms with Gasteiger partial charge in [0.2, 0.25) is 0 Å². The van der Waals surface area contributed by atoms with Gasteiger partial charge in [0.1, 0.15) is 0 Å². The van der Waals surface area contributed by atoms with Crippen LogP contribution in [0.2, 0.25) is 0 Å². The predicted molar refractivity (Wildman–Crippen MR) is 125 cm³/mol. The Morgan fingerprint density at radius 1 is 1.11 bits per heavy atom.